The summed E-state index contributed by atoms with van der Waals surface area (Å²) in [4.78, 5) is 0. The van der Waals surface area contributed by atoms with Gasteiger partial charge in [0.25, 0.3) is 0 Å². The third-order valence-electron chi connectivity index (χ3n) is 12.2. The zero-order valence-electron chi connectivity index (χ0n) is 28.2. The molecule has 0 heterocycles. The molecule has 0 bridgehead atoms. The molecule has 0 fully saturated rings. The lowest BCUT2D eigenvalue weighted by Crippen LogP contribution is -1.92. The van der Waals surface area contributed by atoms with E-state index in [1.54, 1.807) is 0 Å². The van der Waals surface area contributed by atoms with Gasteiger partial charge in [-0.25, -0.2) is 0 Å². The van der Waals surface area contributed by atoms with Gasteiger partial charge in [-0.1, -0.05) is 158 Å². The molecule has 0 saturated heterocycles. The van der Waals surface area contributed by atoms with E-state index in [-0.39, 0.29) is 0 Å². The topological polar surface area (TPSA) is 0 Å². The Labute approximate surface area is 298 Å². The van der Waals surface area contributed by atoms with E-state index in [2.05, 4.69) is 170 Å². The second-order valence-corrected chi connectivity index (χ2v) is 14.7. The molecule has 236 valence electrons. The van der Waals surface area contributed by atoms with Crippen molar-refractivity contribution < 1.29 is 0 Å². The van der Waals surface area contributed by atoms with Gasteiger partial charge in [-0.3, -0.25) is 0 Å². The van der Waals surface area contributed by atoms with Crippen molar-refractivity contribution in [2.45, 2.75) is 0 Å². The maximum absolute atomic E-state index is 2.51. The third kappa shape index (κ3) is 3.20. The Morgan fingerprint density at radius 1 is 0.192 bits per heavy atom. The number of rotatable bonds is 2. The minimum absolute atomic E-state index is 1.24. The van der Waals surface area contributed by atoms with Crippen LogP contribution in [0.4, 0.5) is 0 Å². The summed E-state index contributed by atoms with van der Waals surface area (Å²) in [6.07, 6.45) is 0. The molecule has 0 saturated carbocycles. The van der Waals surface area contributed by atoms with Crippen LogP contribution in [0.3, 0.4) is 0 Å². The standard InChI is InChI=1S/C52H28/c1-2-11-29(12-3-1)33-17-4-5-18-34(33)35-25-26-42-48-36(35)21-10-24-41(48)51-47-32(27-43-37-19-6-13-30-15-8-22-39(45(30)37)49(43)51)28-44-38-20-7-14-31-16-9-23-40(46(31)38)50(44)52(42)47/h1-28H. The monoisotopic (exact) mass is 652 g/mol. The smallest absolute Gasteiger partial charge is 0.000739 e. The van der Waals surface area contributed by atoms with E-state index in [1.807, 2.05) is 0 Å². The maximum atomic E-state index is 2.51. The van der Waals surface area contributed by atoms with E-state index < -0.39 is 0 Å². The summed E-state index contributed by atoms with van der Waals surface area (Å²) < 4.78 is 0. The Morgan fingerprint density at radius 2 is 0.673 bits per heavy atom. The molecule has 13 aromatic rings. The predicted octanol–water partition coefficient (Wildman–Crippen LogP) is 14.9. The molecule has 52 heavy (non-hydrogen) atoms. The van der Waals surface area contributed by atoms with Crippen molar-refractivity contribution in [3.8, 4) is 22.3 Å². The Morgan fingerprint density at radius 3 is 1.29 bits per heavy atom. The highest BCUT2D eigenvalue weighted by Gasteiger charge is 2.25. The molecular weight excluding hydrogens is 625 g/mol. The fourth-order valence-corrected chi connectivity index (χ4v) is 10.3. The van der Waals surface area contributed by atoms with E-state index in [4.69, 9.17) is 0 Å². The van der Waals surface area contributed by atoms with Gasteiger partial charge in [-0.2, -0.15) is 0 Å². The number of benzene rings is 11. The summed E-state index contributed by atoms with van der Waals surface area (Å²) in [6, 6.07) is 64.0. The first-order valence-electron chi connectivity index (χ1n) is 18.3. The highest BCUT2D eigenvalue weighted by atomic mass is 14.3. The second-order valence-electron chi connectivity index (χ2n) is 14.7. The van der Waals surface area contributed by atoms with Crippen LogP contribution in [0.5, 0.6) is 0 Å². The largest absolute Gasteiger partial charge is 0.0622 e. The van der Waals surface area contributed by atoms with Gasteiger partial charge < -0.3 is 0 Å². The van der Waals surface area contributed by atoms with Gasteiger partial charge in [-0.05, 0) is 142 Å². The first-order valence-corrected chi connectivity index (χ1v) is 18.3. The molecule has 0 aliphatic heterocycles. The zero-order valence-corrected chi connectivity index (χ0v) is 28.2. The maximum Gasteiger partial charge on any atom is -0.000739 e. The molecule has 0 atom stereocenters. The molecule has 0 aliphatic rings. The number of hydrogen-bond donors (Lipinski definition) is 0. The minimum Gasteiger partial charge on any atom is -0.0622 e. The van der Waals surface area contributed by atoms with Gasteiger partial charge in [0.15, 0.2) is 0 Å². The van der Waals surface area contributed by atoms with Crippen molar-refractivity contribution in [1.82, 2.24) is 0 Å². The SMILES string of the molecule is c1ccc(-c2ccccc2-c2ccc3c4c2cccc4c2c4c(cc5cc6c7cccc8cccc(c87)c6c3c52)c2cccc3cccc4c32)cc1. The molecule has 0 N–H and O–H groups in total. The highest BCUT2D eigenvalue weighted by Crippen LogP contribution is 2.54. The first kappa shape index (κ1) is 27.0. The van der Waals surface area contributed by atoms with E-state index in [1.165, 1.54) is 130 Å². The summed E-state index contributed by atoms with van der Waals surface area (Å²) in [5, 5.41) is 27.0. The van der Waals surface area contributed by atoms with Crippen LogP contribution in [0.25, 0.3) is 130 Å². The molecule has 13 aromatic carbocycles. The third-order valence-corrected chi connectivity index (χ3v) is 12.2. The van der Waals surface area contributed by atoms with Crippen LogP contribution in [-0.4, -0.2) is 0 Å². The van der Waals surface area contributed by atoms with Crippen LogP contribution < -0.4 is 0 Å². The molecular formula is C52H28. The van der Waals surface area contributed by atoms with Crippen molar-refractivity contribution in [3.05, 3.63) is 170 Å². The molecule has 0 aromatic heterocycles. The predicted molar refractivity (Wildman–Crippen MR) is 226 cm³/mol. The Kier molecular flexibility index (Phi) is 4.94. The van der Waals surface area contributed by atoms with E-state index in [0.717, 1.165) is 0 Å². The average Bonchev–Trinajstić information content (AvgIpc) is 3.70. The molecule has 0 amide bonds. The van der Waals surface area contributed by atoms with Gasteiger partial charge >= 0.3 is 0 Å². The van der Waals surface area contributed by atoms with Crippen molar-refractivity contribution in [2.24, 2.45) is 0 Å². The number of hydrogen-bond acceptors (Lipinski definition) is 0. The molecule has 0 radical (unpaired) electrons. The van der Waals surface area contributed by atoms with Gasteiger partial charge in [-0.15, -0.1) is 0 Å². The average molecular weight is 653 g/mol. The molecule has 0 heteroatoms. The van der Waals surface area contributed by atoms with E-state index in [0.29, 0.717) is 0 Å². The van der Waals surface area contributed by atoms with Crippen molar-refractivity contribution in [2.75, 3.05) is 0 Å². The lowest BCUT2D eigenvalue weighted by atomic mass is 9.83. The summed E-state index contributed by atoms with van der Waals surface area (Å²) in [5.41, 5.74) is 5.03. The molecule has 0 aliphatic carbocycles. The Bertz CT molecular complexity index is 3440. The Balaban J connectivity index is 1.33. The fourth-order valence-electron chi connectivity index (χ4n) is 10.3. The normalized spacial score (nSPS) is 12.6. The van der Waals surface area contributed by atoms with Crippen LogP contribution in [0.15, 0.2) is 170 Å². The molecule has 0 spiro atoms. The summed E-state index contributed by atoms with van der Waals surface area (Å²) in [7, 11) is 0. The number of fused-ring (bicyclic) bond motifs is 10. The second kappa shape index (κ2) is 9.51. The van der Waals surface area contributed by atoms with Gasteiger partial charge in [0.1, 0.15) is 0 Å². The molecule has 13 rings (SSSR count). The highest BCUT2D eigenvalue weighted by molar-refractivity contribution is 6.50. The van der Waals surface area contributed by atoms with Crippen LogP contribution in [0.2, 0.25) is 0 Å². The van der Waals surface area contributed by atoms with Crippen LogP contribution >= 0.6 is 0 Å². The zero-order chi connectivity index (χ0) is 33.7. The summed E-state index contributed by atoms with van der Waals surface area (Å²) in [6.45, 7) is 0. The van der Waals surface area contributed by atoms with Crippen LogP contribution in [-0.2, 0) is 0 Å². The molecule has 0 nitrogen and oxygen atoms in total. The quantitative estimate of drug-likeness (QED) is 0.129. The van der Waals surface area contributed by atoms with Crippen molar-refractivity contribution in [1.29, 1.82) is 0 Å². The first-order chi connectivity index (χ1) is 25.8. The van der Waals surface area contributed by atoms with Crippen molar-refractivity contribution >= 4 is 108 Å². The minimum atomic E-state index is 1.24. The van der Waals surface area contributed by atoms with E-state index in [9.17, 15) is 0 Å². The van der Waals surface area contributed by atoms with Crippen molar-refractivity contribution in [3.63, 3.8) is 0 Å². The lowest BCUT2D eigenvalue weighted by molar-refractivity contribution is 1.60. The van der Waals surface area contributed by atoms with Crippen LogP contribution in [0.1, 0.15) is 0 Å². The fraction of sp³-hybridized carbons (Fsp3) is 0. The Hall–Kier alpha value is -6.76. The summed E-state index contributed by atoms with van der Waals surface area (Å²) in [5.74, 6) is 0. The van der Waals surface area contributed by atoms with Gasteiger partial charge in [0.2, 0.25) is 0 Å². The molecule has 0 unspecified atom stereocenters. The summed E-state index contributed by atoms with van der Waals surface area (Å²) >= 11 is 0. The lowest BCUT2D eigenvalue weighted by Gasteiger charge is -2.20. The van der Waals surface area contributed by atoms with E-state index >= 15 is 0 Å². The van der Waals surface area contributed by atoms with Gasteiger partial charge in [0, 0.05) is 0 Å². The van der Waals surface area contributed by atoms with Crippen LogP contribution in [0, 0.1) is 0 Å². The van der Waals surface area contributed by atoms with Gasteiger partial charge in [0.05, 0.1) is 0 Å².